The van der Waals surface area contributed by atoms with Gasteiger partial charge in [-0.25, -0.2) is 4.39 Å². The van der Waals surface area contributed by atoms with Crippen LogP contribution in [-0.2, 0) is 0 Å². The molecule has 5 heteroatoms. The minimum atomic E-state index is -0.285. The summed E-state index contributed by atoms with van der Waals surface area (Å²) in [7, 11) is 0. The molecular weight excluding hydrogens is 281 g/mol. The molecule has 1 aromatic heterocycles. The largest absolute Gasteiger partial charge is 0.329 e. The van der Waals surface area contributed by atoms with Crippen molar-refractivity contribution in [2.24, 2.45) is 0 Å². The Balaban J connectivity index is 1.91. The highest BCUT2D eigenvalue weighted by Crippen LogP contribution is 2.24. The first kappa shape index (κ1) is 14.7. The zero-order valence-electron chi connectivity index (χ0n) is 12.4. The van der Waals surface area contributed by atoms with E-state index in [1.807, 2.05) is 19.1 Å². The molecule has 1 unspecified atom stereocenters. The first-order valence-electron chi connectivity index (χ1n) is 7.34. The maximum Gasteiger partial charge on any atom is 0.256 e. The van der Waals surface area contributed by atoms with Gasteiger partial charge in [-0.05, 0) is 36.2 Å². The molecule has 2 aromatic rings. The summed E-state index contributed by atoms with van der Waals surface area (Å²) in [4.78, 5) is 18.7. The van der Waals surface area contributed by atoms with Crippen LogP contribution in [0.3, 0.4) is 0 Å². The van der Waals surface area contributed by atoms with Gasteiger partial charge >= 0.3 is 0 Å². The van der Waals surface area contributed by atoms with Gasteiger partial charge in [0, 0.05) is 32.0 Å². The lowest BCUT2D eigenvalue weighted by molar-refractivity contribution is 0.0633. The monoisotopic (exact) mass is 299 g/mol. The fourth-order valence-electron chi connectivity index (χ4n) is 2.80. The van der Waals surface area contributed by atoms with Gasteiger partial charge in [-0.15, -0.1) is 0 Å². The smallest absolute Gasteiger partial charge is 0.256 e. The van der Waals surface area contributed by atoms with E-state index in [4.69, 9.17) is 0 Å². The Hall–Kier alpha value is -2.27. The Morgan fingerprint density at radius 2 is 2.23 bits per heavy atom. The Kier molecular flexibility index (Phi) is 4.15. The third-order valence-electron chi connectivity index (χ3n) is 3.86. The summed E-state index contributed by atoms with van der Waals surface area (Å²) in [5.41, 5.74) is 2.33. The molecule has 0 saturated carbocycles. The molecular formula is C17H18FN3O. The molecule has 3 rings (SSSR count). The van der Waals surface area contributed by atoms with Crippen molar-refractivity contribution in [1.82, 2.24) is 15.2 Å². The van der Waals surface area contributed by atoms with E-state index >= 15 is 0 Å². The summed E-state index contributed by atoms with van der Waals surface area (Å²) in [5.74, 6) is -0.348. The predicted molar refractivity (Wildman–Crippen MR) is 82.0 cm³/mol. The zero-order chi connectivity index (χ0) is 15.5. The van der Waals surface area contributed by atoms with Gasteiger partial charge in [0.25, 0.3) is 5.91 Å². The van der Waals surface area contributed by atoms with Crippen molar-refractivity contribution >= 4 is 5.91 Å². The quantitative estimate of drug-likeness (QED) is 0.925. The zero-order valence-corrected chi connectivity index (χ0v) is 12.4. The maximum absolute atomic E-state index is 13.5. The van der Waals surface area contributed by atoms with Crippen LogP contribution in [0.5, 0.6) is 0 Å². The molecule has 0 bridgehead atoms. The summed E-state index contributed by atoms with van der Waals surface area (Å²) >= 11 is 0. The van der Waals surface area contributed by atoms with Crippen molar-refractivity contribution < 1.29 is 9.18 Å². The minimum Gasteiger partial charge on any atom is -0.329 e. The number of nitrogens with zero attached hydrogens (tertiary/aromatic N) is 2. The highest BCUT2D eigenvalue weighted by atomic mass is 19.1. The van der Waals surface area contributed by atoms with Crippen molar-refractivity contribution in [2.75, 3.05) is 19.6 Å². The van der Waals surface area contributed by atoms with E-state index in [9.17, 15) is 9.18 Å². The Morgan fingerprint density at radius 3 is 3.00 bits per heavy atom. The lowest BCUT2D eigenvalue weighted by Gasteiger charge is -2.36. The van der Waals surface area contributed by atoms with Crippen LogP contribution in [0.25, 0.3) is 0 Å². The fourth-order valence-corrected chi connectivity index (χ4v) is 2.80. The number of aryl methyl sites for hydroxylation is 1. The number of aromatic nitrogens is 1. The Morgan fingerprint density at radius 1 is 1.36 bits per heavy atom. The summed E-state index contributed by atoms with van der Waals surface area (Å²) < 4.78 is 13.5. The lowest BCUT2D eigenvalue weighted by Crippen LogP contribution is -2.48. The molecule has 1 aliphatic heterocycles. The van der Waals surface area contributed by atoms with Gasteiger partial charge in [0.05, 0.1) is 11.6 Å². The van der Waals surface area contributed by atoms with Crippen LogP contribution in [0.2, 0.25) is 0 Å². The number of nitrogens with one attached hydrogen (secondary N) is 1. The van der Waals surface area contributed by atoms with Crippen LogP contribution in [0.1, 0.15) is 27.5 Å². The van der Waals surface area contributed by atoms with Crippen molar-refractivity contribution in [1.29, 1.82) is 0 Å². The van der Waals surface area contributed by atoms with Crippen LogP contribution in [0.15, 0.2) is 42.7 Å². The van der Waals surface area contributed by atoms with Gasteiger partial charge < -0.3 is 10.2 Å². The molecule has 1 amide bonds. The Labute approximate surface area is 129 Å². The van der Waals surface area contributed by atoms with E-state index in [2.05, 4.69) is 10.3 Å². The average molecular weight is 299 g/mol. The molecule has 0 aliphatic carbocycles. The highest BCUT2D eigenvalue weighted by Gasteiger charge is 2.28. The number of carbonyl (C=O) groups is 1. The molecule has 114 valence electrons. The second-order valence-electron chi connectivity index (χ2n) is 5.52. The van der Waals surface area contributed by atoms with Crippen LogP contribution in [0.4, 0.5) is 4.39 Å². The van der Waals surface area contributed by atoms with E-state index in [1.165, 1.54) is 12.1 Å². The molecule has 2 heterocycles. The molecule has 1 N–H and O–H groups in total. The number of rotatable bonds is 2. The standard InChI is InChI=1S/C17H18FN3O/c1-12-7-14(10-20-9-12)17(22)21-6-5-19-11-16(21)13-3-2-4-15(18)8-13/h2-4,7-10,16,19H,5-6,11H2,1H3. The maximum atomic E-state index is 13.5. The average Bonchev–Trinajstić information content (AvgIpc) is 2.54. The SMILES string of the molecule is Cc1cncc(C(=O)N2CCNCC2c2cccc(F)c2)c1. The van der Waals surface area contributed by atoms with E-state index in [1.54, 1.807) is 23.4 Å². The number of carbonyl (C=O) groups excluding carboxylic acids is 1. The summed E-state index contributed by atoms with van der Waals surface area (Å²) in [6.45, 7) is 3.85. The van der Waals surface area contributed by atoms with E-state index in [0.717, 1.165) is 17.7 Å². The molecule has 1 aliphatic rings. The van der Waals surface area contributed by atoms with Gasteiger partial charge in [-0.1, -0.05) is 12.1 Å². The van der Waals surface area contributed by atoms with Gasteiger partial charge in [0.2, 0.25) is 0 Å². The molecule has 4 nitrogen and oxygen atoms in total. The third-order valence-corrected chi connectivity index (χ3v) is 3.86. The van der Waals surface area contributed by atoms with Crippen LogP contribution in [-0.4, -0.2) is 35.4 Å². The van der Waals surface area contributed by atoms with Crippen molar-refractivity contribution in [2.45, 2.75) is 13.0 Å². The second-order valence-corrected chi connectivity index (χ2v) is 5.52. The summed E-state index contributed by atoms with van der Waals surface area (Å²) in [5, 5.41) is 3.27. The topological polar surface area (TPSA) is 45.2 Å². The summed E-state index contributed by atoms with van der Waals surface area (Å²) in [6.07, 6.45) is 3.30. The molecule has 1 atom stereocenters. The van der Waals surface area contributed by atoms with Crippen LogP contribution >= 0.6 is 0 Å². The molecule has 1 fully saturated rings. The second kappa shape index (κ2) is 6.23. The first-order chi connectivity index (χ1) is 10.6. The number of hydrogen-bond donors (Lipinski definition) is 1. The van der Waals surface area contributed by atoms with Crippen molar-refractivity contribution in [3.63, 3.8) is 0 Å². The van der Waals surface area contributed by atoms with Gasteiger partial charge in [0.15, 0.2) is 0 Å². The first-order valence-corrected chi connectivity index (χ1v) is 7.34. The van der Waals surface area contributed by atoms with E-state index in [-0.39, 0.29) is 17.8 Å². The fraction of sp³-hybridized carbons (Fsp3) is 0.294. The molecule has 1 saturated heterocycles. The third kappa shape index (κ3) is 2.99. The van der Waals surface area contributed by atoms with Crippen LogP contribution in [0, 0.1) is 12.7 Å². The van der Waals surface area contributed by atoms with Crippen molar-refractivity contribution in [3.8, 4) is 0 Å². The number of pyridine rings is 1. The molecule has 1 aromatic carbocycles. The summed E-state index contributed by atoms with van der Waals surface area (Å²) in [6, 6.07) is 8.10. The number of halogens is 1. The number of piperazine rings is 1. The number of benzene rings is 1. The molecule has 0 spiro atoms. The van der Waals surface area contributed by atoms with Gasteiger partial charge in [0.1, 0.15) is 5.82 Å². The number of amides is 1. The van der Waals surface area contributed by atoms with Gasteiger partial charge in [-0.2, -0.15) is 0 Å². The lowest BCUT2D eigenvalue weighted by atomic mass is 10.0. The van der Waals surface area contributed by atoms with Crippen molar-refractivity contribution in [3.05, 3.63) is 65.2 Å². The van der Waals surface area contributed by atoms with Crippen LogP contribution < -0.4 is 5.32 Å². The molecule has 0 radical (unpaired) electrons. The minimum absolute atomic E-state index is 0.0630. The Bertz CT molecular complexity index is 689. The van der Waals surface area contributed by atoms with E-state index < -0.39 is 0 Å². The van der Waals surface area contributed by atoms with E-state index in [0.29, 0.717) is 18.7 Å². The molecule has 22 heavy (non-hydrogen) atoms. The predicted octanol–water partition coefficient (Wildman–Crippen LogP) is 2.32. The number of hydrogen-bond acceptors (Lipinski definition) is 3. The normalized spacial score (nSPS) is 18.3. The highest BCUT2D eigenvalue weighted by molar-refractivity contribution is 5.94. The van der Waals surface area contributed by atoms with Gasteiger partial charge in [-0.3, -0.25) is 9.78 Å².